The van der Waals surface area contributed by atoms with E-state index in [4.69, 9.17) is 4.74 Å². The lowest BCUT2D eigenvalue weighted by Crippen LogP contribution is -2.25. The number of aromatic amines is 1. The number of rotatable bonds is 4. The van der Waals surface area contributed by atoms with E-state index < -0.39 is 0 Å². The Morgan fingerprint density at radius 3 is 2.67 bits per heavy atom. The number of hydrogen-bond donors (Lipinski definition) is 2. The average Bonchev–Trinajstić information content (AvgIpc) is 3.17. The number of allylic oxidation sites excluding steroid dienone is 1. The molecular formula is C24H29N3O3. The Kier molecular flexibility index (Phi) is 6.77. The Morgan fingerprint density at radius 2 is 2.00 bits per heavy atom. The highest BCUT2D eigenvalue weighted by Gasteiger charge is 2.15. The molecule has 1 amide bonds. The van der Waals surface area contributed by atoms with E-state index in [0.29, 0.717) is 23.0 Å². The van der Waals surface area contributed by atoms with E-state index in [1.807, 2.05) is 6.92 Å². The molecule has 0 atom stereocenters. The van der Waals surface area contributed by atoms with Gasteiger partial charge in [-0.1, -0.05) is 12.1 Å². The molecule has 0 spiro atoms. The number of nitrogens with zero attached hydrogens (tertiary/aromatic N) is 1. The number of benzene rings is 1. The number of nitrogens with one attached hydrogen (secondary N) is 2. The van der Waals surface area contributed by atoms with Gasteiger partial charge in [-0.15, -0.1) is 6.58 Å². The van der Waals surface area contributed by atoms with Crippen LogP contribution in [-0.2, 0) is 19.4 Å². The number of ether oxygens (including phenoxy) is 1. The Labute approximate surface area is 176 Å². The maximum Gasteiger partial charge on any atom is 0.275 e. The molecule has 0 aliphatic heterocycles. The van der Waals surface area contributed by atoms with Gasteiger partial charge in [-0.25, -0.2) is 0 Å². The summed E-state index contributed by atoms with van der Waals surface area (Å²) >= 11 is 0. The smallest absolute Gasteiger partial charge is 0.275 e. The molecular weight excluding hydrogens is 378 g/mol. The third kappa shape index (κ3) is 4.48. The maximum atomic E-state index is 12.1. The summed E-state index contributed by atoms with van der Waals surface area (Å²) in [7, 11) is 3.29. The minimum absolute atomic E-state index is 0.148. The topological polar surface area (TPSA) is 76.1 Å². The van der Waals surface area contributed by atoms with Gasteiger partial charge in [0.15, 0.2) is 0 Å². The van der Waals surface area contributed by atoms with Gasteiger partial charge in [0.25, 0.3) is 11.5 Å². The number of amides is 1. The van der Waals surface area contributed by atoms with E-state index in [9.17, 15) is 9.59 Å². The molecule has 1 aliphatic carbocycles. The number of aryl methyl sites for hydroxylation is 3. The quantitative estimate of drug-likeness (QED) is 0.647. The van der Waals surface area contributed by atoms with Crippen LogP contribution in [-0.4, -0.2) is 29.6 Å². The molecule has 0 fully saturated rings. The number of carbonyl (C=O) groups is 1. The molecule has 4 rings (SSSR count). The third-order valence-electron chi connectivity index (χ3n) is 5.36. The molecule has 1 aromatic carbocycles. The second-order valence-corrected chi connectivity index (χ2v) is 7.45. The van der Waals surface area contributed by atoms with E-state index in [2.05, 4.69) is 35.1 Å². The monoisotopic (exact) mass is 407 g/mol. The van der Waals surface area contributed by atoms with E-state index in [1.165, 1.54) is 41.4 Å². The first-order valence-electron chi connectivity index (χ1n) is 10.2. The molecule has 6 heteroatoms. The lowest BCUT2D eigenvalue weighted by Gasteiger charge is -2.15. The lowest BCUT2D eigenvalue weighted by atomic mass is 9.92. The van der Waals surface area contributed by atoms with E-state index in [1.54, 1.807) is 32.5 Å². The predicted molar refractivity (Wildman–Crippen MR) is 121 cm³/mol. The van der Waals surface area contributed by atoms with Crippen molar-refractivity contribution in [1.29, 1.82) is 0 Å². The summed E-state index contributed by atoms with van der Waals surface area (Å²) in [5.41, 5.74) is 4.64. The first kappa shape index (κ1) is 21.4. The highest BCUT2D eigenvalue weighted by atomic mass is 16.5. The molecule has 30 heavy (non-hydrogen) atoms. The van der Waals surface area contributed by atoms with Crippen LogP contribution in [0.25, 0.3) is 10.9 Å². The largest absolute Gasteiger partial charge is 0.497 e. The molecule has 2 aromatic heterocycles. The molecule has 0 bridgehead atoms. The van der Waals surface area contributed by atoms with Crippen molar-refractivity contribution in [3.05, 3.63) is 75.9 Å². The van der Waals surface area contributed by atoms with Crippen LogP contribution in [0.15, 0.2) is 47.9 Å². The van der Waals surface area contributed by atoms with Gasteiger partial charge in [0.05, 0.1) is 12.7 Å². The van der Waals surface area contributed by atoms with Gasteiger partial charge in [-0.2, -0.15) is 0 Å². The van der Waals surface area contributed by atoms with Crippen LogP contribution in [0.4, 0.5) is 0 Å². The zero-order valence-electron chi connectivity index (χ0n) is 17.9. The van der Waals surface area contributed by atoms with E-state index in [-0.39, 0.29) is 11.5 Å². The maximum absolute atomic E-state index is 12.1. The second-order valence-electron chi connectivity index (χ2n) is 7.45. The summed E-state index contributed by atoms with van der Waals surface area (Å²) in [4.78, 5) is 27.0. The number of fused-ring (bicyclic) bond motifs is 2. The van der Waals surface area contributed by atoms with Crippen molar-refractivity contribution in [2.75, 3.05) is 14.2 Å². The van der Waals surface area contributed by atoms with Crippen LogP contribution in [0.1, 0.15) is 40.0 Å². The van der Waals surface area contributed by atoms with Crippen molar-refractivity contribution in [1.82, 2.24) is 14.9 Å². The van der Waals surface area contributed by atoms with Gasteiger partial charge >= 0.3 is 0 Å². The zero-order valence-corrected chi connectivity index (χ0v) is 17.9. The lowest BCUT2D eigenvalue weighted by molar-refractivity contribution is 0.0964. The average molecular weight is 408 g/mol. The summed E-state index contributed by atoms with van der Waals surface area (Å²) in [6.07, 6.45) is 8.35. The molecule has 158 valence electrons. The molecule has 0 saturated heterocycles. The molecule has 2 heterocycles. The van der Waals surface area contributed by atoms with Crippen molar-refractivity contribution in [2.45, 2.75) is 39.2 Å². The fourth-order valence-corrected chi connectivity index (χ4v) is 3.83. The van der Waals surface area contributed by atoms with Crippen LogP contribution >= 0.6 is 0 Å². The third-order valence-corrected chi connectivity index (χ3v) is 5.36. The fourth-order valence-electron chi connectivity index (χ4n) is 3.83. The molecule has 1 aliphatic rings. The van der Waals surface area contributed by atoms with Crippen molar-refractivity contribution < 1.29 is 9.53 Å². The Bertz CT molecular complexity index is 1120. The molecule has 2 N–H and O–H groups in total. The van der Waals surface area contributed by atoms with Crippen LogP contribution in [0.2, 0.25) is 0 Å². The highest BCUT2D eigenvalue weighted by Crippen LogP contribution is 2.24. The van der Waals surface area contributed by atoms with Gasteiger partial charge in [-0.05, 0) is 61.9 Å². The number of aromatic nitrogens is 2. The van der Waals surface area contributed by atoms with Crippen molar-refractivity contribution in [2.24, 2.45) is 0 Å². The van der Waals surface area contributed by atoms with Gasteiger partial charge in [0, 0.05) is 30.9 Å². The summed E-state index contributed by atoms with van der Waals surface area (Å²) in [6, 6.07) is 8.24. The summed E-state index contributed by atoms with van der Waals surface area (Å²) in [5, 5.41) is 3.23. The second kappa shape index (κ2) is 9.48. The molecule has 6 nitrogen and oxygen atoms in total. The van der Waals surface area contributed by atoms with Crippen LogP contribution < -0.4 is 15.6 Å². The normalized spacial score (nSPS) is 12.5. The minimum Gasteiger partial charge on any atom is -0.497 e. The molecule has 0 unspecified atom stereocenters. The van der Waals surface area contributed by atoms with Crippen molar-refractivity contribution >= 4 is 16.8 Å². The van der Waals surface area contributed by atoms with Crippen LogP contribution in [0.5, 0.6) is 5.75 Å². The molecule has 0 saturated carbocycles. The summed E-state index contributed by atoms with van der Waals surface area (Å²) in [6.45, 7) is 5.83. The summed E-state index contributed by atoms with van der Waals surface area (Å²) < 4.78 is 6.65. The van der Waals surface area contributed by atoms with Crippen molar-refractivity contribution in [3.8, 4) is 5.75 Å². The van der Waals surface area contributed by atoms with Gasteiger partial charge < -0.3 is 19.6 Å². The number of hydrogen-bond acceptors (Lipinski definition) is 3. The van der Waals surface area contributed by atoms with Crippen LogP contribution in [0.3, 0.4) is 0 Å². The number of methoxy groups -OCH3 is 1. The Morgan fingerprint density at radius 1 is 1.27 bits per heavy atom. The van der Waals surface area contributed by atoms with Gasteiger partial charge in [0.1, 0.15) is 11.3 Å². The Hall–Kier alpha value is -3.28. The number of pyridine rings is 1. The van der Waals surface area contributed by atoms with Crippen LogP contribution in [0, 0.1) is 6.92 Å². The Balaban J connectivity index is 0.000000184. The number of carbonyl (C=O) groups excluding carboxylic acids is 1. The first-order chi connectivity index (χ1) is 14.5. The highest BCUT2D eigenvalue weighted by molar-refractivity contribution is 6.06. The van der Waals surface area contributed by atoms with E-state index in [0.717, 1.165) is 11.4 Å². The van der Waals surface area contributed by atoms with Gasteiger partial charge in [0.2, 0.25) is 0 Å². The summed E-state index contributed by atoms with van der Waals surface area (Å²) in [5.74, 6) is 0.785. The van der Waals surface area contributed by atoms with Crippen molar-refractivity contribution in [3.63, 3.8) is 0 Å². The fraction of sp³-hybridized carbons (Fsp3) is 0.333. The SMILES string of the molecule is C=CCn1cc(C(=O)NC)c2cc(C)[nH]c2c1=O.COc1ccc2c(c1)CCCC2. The molecule has 3 aromatic rings. The predicted octanol–water partition coefficient (Wildman–Crippen LogP) is 3.76. The zero-order chi connectivity index (χ0) is 21.7. The minimum atomic E-state index is -0.211. The first-order valence-corrected chi connectivity index (χ1v) is 10.2. The molecule has 0 radical (unpaired) electrons. The van der Waals surface area contributed by atoms with E-state index >= 15 is 0 Å². The van der Waals surface area contributed by atoms with Gasteiger partial charge in [-0.3, -0.25) is 9.59 Å². The number of H-pyrrole nitrogens is 1. The standard InChI is InChI=1S/C13H15N3O2.C11H14O/c1-4-5-16-7-10(12(17)14-3)9-6-8(2)15-11(9)13(16)18;1-12-11-7-6-9-4-2-3-5-10(9)8-11/h4,6-7,15H,1,5H2,2-3H3,(H,14,17);6-8H,2-5H2,1H3.